The second kappa shape index (κ2) is 5.85. The number of carboxylic acids is 1. The number of alkyl halides is 2. The van der Waals surface area contributed by atoms with Crippen molar-refractivity contribution >= 4 is 29.4 Å². The molecule has 0 heterocycles. The van der Waals surface area contributed by atoms with Crippen LogP contribution < -0.4 is 5.32 Å². The highest BCUT2D eigenvalue weighted by atomic mass is 35.5. The molecule has 0 saturated carbocycles. The molecule has 5 nitrogen and oxygen atoms in total. The van der Waals surface area contributed by atoms with Gasteiger partial charge in [-0.3, -0.25) is 5.32 Å². The van der Waals surface area contributed by atoms with Crippen LogP contribution in [0.15, 0.2) is 18.2 Å². The van der Waals surface area contributed by atoms with Crippen LogP contribution in [0.25, 0.3) is 0 Å². The quantitative estimate of drug-likeness (QED) is 0.886. The number of nitrogens with one attached hydrogen (secondary N) is 1. The van der Waals surface area contributed by atoms with Gasteiger partial charge in [0, 0.05) is 5.56 Å². The average Bonchev–Trinajstić information content (AvgIpc) is 2.29. The fourth-order valence-corrected chi connectivity index (χ4v) is 1.52. The first-order valence-electron chi connectivity index (χ1n) is 5.85. The number of halogens is 3. The lowest BCUT2D eigenvalue weighted by Gasteiger charge is -2.20. The van der Waals surface area contributed by atoms with Crippen molar-refractivity contribution in [2.24, 2.45) is 0 Å². The van der Waals surface area contributed by atoms with Crippen molar-refractivity contribution in [3.63, 3.8) is 0 Å². The van der Waals surface area contributed by atoms with Gasteiger partial charge in [-0.05, 0) is 32.9 Å². The van der Waals surface area contributed by atoms with E-state index in [1.165, 1.54) is 0 Å². The smallest absolute Gasteiger partial charge is 0.412 e. The van der Waals surface area contributed by atoms with E-state index in [1.807, 2.05) is 0 Å². The number of hydrogen-bond donors (Lipinski definition) is 2. The second-order valence-electron chi connectivity index (χ2n) is 5.20. The van der Waals surface area contributed by atoms with E-state index in [0.29, 0.717) is 0 Å². The van der Waals surface area contributed by atoms with Crippen LogP contribution in [0.1, 0.15) is 26.3 Å². The molecule has 0 aliphatic heterocycles. The van der Waals surface area contributed by atoms with Crippen LogP contribution in [0, 0.1) is 0 Å². The van der Waals surface area contributed by atoms with Gasteiger partial charge in [-0.1, -0.05) is 17.7 Å². The summed E-state index contributed by atoms with van der Waals surface area (Å²) in [7, 11) is 0. The average molecular weight is 322 g/mol. The lowest BCUT2D eigenvalue weighted by Crippen LogP contribution is -2.28. The number of carboxylic acid groups (broad SMARTS) is 1. The van der Waals surface area contributed by atoms with Gasteiger partial charge in [0.2, 0.25) is 0 Å². The molecule has 1 amide bonds. The molecule has 0 bridgehead atoms. The summed E-state index contributed by atoms with van der Waals surface area (Å²) in [5, 5.41) is 10.7. The SMILES string of the molecule is CC(C)(C)OC(=O)Nc1cc(C(F)(F)C(=O)O)ccc1Cl. The first kappa shape index (κ1) is 17.2. The first-order valence-corrected chi connectivity index (χ1v) is 6.22. The molecule has 0 spiro atoms. The maximum Gasteiger partial charge on any atom is 0.412 e. The van der Waals surface area contributed by atoms with E-state index in [2.05, 4.69) is 5.32 Å². The number of carbonyl (C=O) groups is 2. The molecule has 0 aliphatic rings. The Morgan fingerprint density at radius 1 is 1.29 bits per heavy atom. The van der Waals surface area contributed by atoms with Gasteiger partial charge in [0.25, 0.3) is 0 Å². The summed E-state index contributed by atoms with van der Waals surface area (Å²) in [6.45, 7) is 4.88. The highest BCUT2D eigenvalue weighted by Crippen LogP contribution is 2.33. The van der Waals surface area contributed by atoms with Crippen molar-refractivity contribution in [3.05, 3.63) is 28.8 Å². The maximum atomic E-state index is 13.4. The number of benzene rings is 1. The highest BCUT2D eigenvalue weighted by molar-refractivity contribution is 6.33. The summed E-state index contributed by atoms with van der Waals surface area (Å²) < 4.78 is 31.8. The number of rotatable bonds is 3. The molecule has 0 fully saturated rings. The predicted molar refractivity (Wildman–Crippen MR) is 72.8 cm³/mol. The van der Waals surface area contributed by atoms with E-state index in [4.69, 9.17) is 21.4 Å². The predicted octanol–water partition coefficient (Wildman–Crippen LogP) is 3.86. The van der Waals surface area contributed by atoms with Crippen molar-refractivity contribution in [2.45, 2.75) is 32.3 Å². The molecule has 1 aromatic rings. The van der Waals surface area contributed by atoms with Crippen molar-refractivity contribution in [2.75, 3.05) is 5.32 Å². The lowest BCUT2D eigenvalue weighted by atomic mass is 10.1. The Balaban J connectivity index is 3.04. The molecule has 2 N–H and O–H groups in total. The van der Waals surface area contributed by atoms with E-state index >= 15 is 0 Å². The minimum absolute atomic E-state index is 0.0224. The molecule has 1 aromatic carbocycles. The van der Waals surface area contributed by atoms with Gasteiger partial charge in [-0.25, -0.2) is 9.59 Å². The Morgan fingerprint density at radius 3 is 2.33 bits per heavy atom. The molecular formula is C13H14ClF2NO4. The van der Waals surface area contributed by atoms with Crippen molar-refractivity contribution in [1.29, 1.82) is 0 Å². The molecule has 8 heteroatoms. The minimum atomic E-state index is -4.09. The lowest BCUT2D eigenvalue weighted by molar-refractivity contribution is -0.166. The summed E-state index contributed by atoms with van der Waals surface area (Å²) in [5.74, 6) is -6.39. The number of anilines is 1. The van der Waals surface area contributed by atoms with E-state index in [9.17, 15) is 18.4 Å². The molecule has 0 atom stereocenters. The Bertz CT molecular complexity index is 570. The third-order valence-electron chi connectivity index (χ3n) is 2.23. The summed E-state index contributed by atoms with van der Waals surface area (Å²) in [4.78, 5) is 22.1. The molecule has 0 radical (unpaired) electrons. The van der Waals surface area contributed by atoms with Crippen molar-refractivity contribution in [1.82, 2.24) is 0 Å². The zero-order valence-corrected chi connectivity index (χ0v) is 12.3. The van der Waals surface area contributed by atoms with Crippen LogP contribution in [0.3, 0.4) is 0 Å². The number of carbonyl (C=O) groups excluding carboxylic acids is 1. The third-order valence-corrected chi connectivity index (χ3v) is 2.56. The second-order valence-corrected chi connectivity index (χ2v) is 5.61. The van der Waals surface area contributed by atoms with Crippen LogP contribution in [0.2, 0.25) is 5.02 Å². The Kier molecular flexibility index (Phi) is 4.78. The van der Waals surface area contributed by atoms with E-state index in [-0.39, 0.29) is 10.7 Å². The summed E-state index contributed by atoms with van der Waals surface area (Å²) >= 11 is 5.78. The zero-order valence-electron chi connectivity index (χ0n) is 11.5. The number of hydrogen-bond acceptors (Lipinski definition) is 3. The molecule has 0 aliphatic carbocycles. The molecular weight excluding hydrogens is 308 g/mol. The number of amides is 1. The van der Waals surface area contributed by atoms with Crippen molar-refractivity contribution < 1.29 is 28.2 Å². The van der Waals surface area contributed by atoms with Crippen molar-refractivity contribution in [3.8, 4) is 0 Å². The summed E-state index contributed by atoms with van der Waals surface area (Å²) in [5.41, 5.74) is -1.74. The fourth-order valence-electron chi connectivity index (χ4n) is 1.35. The normalized spacial score (nSPS) is 11.9. The van der Waals surface area contributed by atoms with E-state index < -0.39 is 29.1 Å². The van der Waals surface area contributed by atoms with Gasteiger partial charge in [-0.15, -0.1) is 0 Å². The van der Waals surface area contributed by atoms with E-state index in [0.717, 1.165) is 18.2 Å². The first-order chi connectivity index (χ1) is 9.43. The standard InChI is InChI=1S/C13H14ClF2NO4/c1-12(2,3)21-11(20)17-9-6-7(4-5-8(9)14)13(15,16)10(18)19/h4-6H,1-3H3,(H,17,20)(H,18,19). The monoisotopic (exact) mass is 321 g/mol. The molecule has 0 saturated heterocycles. The van der Waals surface area contributed by atoms with Gasteiger partial charge < -0.3 is 9.84 Å². The van der Waals surface area contributed by atoms with Crippen LogP contribution in [0.5, 0.6) is 0 Å². The highest BCUT2D eigenvalue weighted by Gasteiger charge is 2.41. The van der Waals surface area contributed by atoms with Crippen LogP contribution in [-0.4, -0.2) is 22.8 Å². The Labute approximate surface area is 124 Å². The van der Waals surface area contributed by atoms with Gasteiger partial charge in [0.15, 0.2) is 0 Å². The number of aliphatic carboxylic acids is 1. The minimum Gasteiger partial charge on any atom is -0.477 e. The zero-order chi connectivity index (χ0) is 16.4. The summed E-state index contributed by atoms with van der Waals surface area (Å²) in [6, 6.07) is 2.73. The maximum absolute atomic E-state index is 13.4. The Hall–Kier alpha value is -1.89. The molecule has 21 heavy (non-hydrogen) atoms. The van der Waals surface area contributed by atoms with Crippen LogP contribution >= 0.6 is 11.6 Å². The largest absolute Gasteiger partial charge is 0.477 e. The summed E-state index contributed by atoms with van der Waals surface area (Å²) in [6.07, 6.45) is -0.889. The van der Waals surface area contributed by atoms with Gasteiger partial charge in [-0.2, -0.15) is 8.78 Å². The van der Waals surface area contributed by atoms with Gasteiger partial charge in [0.1, 0.15) is 5.60 Å². The number of ether oxygens (including phenoxy) is 1. The molecule has 0 unspecified atom stereocenters. The third kappa shape index (κ3) is 4.56. The van der Waals surface area contributed by atoms with Gasteiger partial charge >= 0.3 is 18.0 Å². The van der Waals surface area contributed by atoms with Crippen LogP contribution in [0.4, 0.5) is 19.3 Å². The Morgan fingerprint density at radius 2 is 1.86 bits per heavy atom. The topological polar surface area (TPSA) is 75.6 Å². The molecule has 116 valence electrons. The molecule has 0 aromatic heterocycles. The fraction of sp³-hybridized carbons (Fsp3) is 0.385. The van der Waals surface area contributed by atoms with E-state index in [1.54, 1.807) is 20.8 Å². The van der Waals surface area contributed by atoms with Crippen LogP contribution in [-0.2, 0) is 15.5 Å². The van der Waals surface area contributed by atoms with Gasteiger partial charge in [0.05, 0.1) is 10.7 Å². The molecule has 1 rings (SSSR count).